The highest BCUT2D eigenvalue weighted by Gasteiger charge is 2.33. The van der Waals surface area contributed by atoms with E-state index in [4.69, 9.17) is 10.1 Å². The Hall–Kier alpha value is -3.29. The fraction of sp³-hybridized carbons (Fsp3) is 0.364. The summed E-state index contributed by atoms with van der Waals surface area (Å²) in [5.74, 6) is 0.500. The van der Waals surface area contributed by atoms with Gasteiger partial charge in [0.1, 0.15) is 5.67 Å². The van der Waals surface area contributed by atoms with E-state index < -0.39 is 5.67 Å². The Morgan fingerprint density at radius 3 is 2.67 bits per heavy atom. The van der Waals surface area contributed by atoms with Crippen molar-refractivity contribution in [2.75, 3.05) is 24.7 Å². The van der Waals surface area contributed by atoms with Crippen molar-refractivity contribution in [2.24, 2.45) is 0 Å². The Balaban J connectivity index is 1.53. The van der Waals surface area contributed by atoms with Gasteiger partial charge in [0.25, 0.3) is 5.91 Å². The number of fused-ring (bicyclic) bond motifs is 1. The molecule has 8 heteroatoms. The molecule has 1 fully saturated rings. The summed E-state index contributed by atoms with van der Waals surface area (Å²) in [5.41, 5.74) is 0.543. The van der Waals surface area contributed by atoms with Crippen LogP contribution in [0.25, 0.3) is 0 Å². The van der Waals surface area contributed by atoms with Gasteiger partial charge in [0, 0.05) is 30.6 Å². The van der Waals surface area contributed by atoms with E-state index in [1.165, 1.54) is 6.20 Å². The lowest BCUT2D eigenvalue weighted by Gasteiger charge is -2.34. The number of amides is 1. The maximum absolute atomic E-state index is 14.0. The van der Waals surface area contributed by atoms with Crippen LogP contribution in [0.5, 0.6) is 5.75 Å². The fourth-order valence-electron chi connectivity index (χ4n) is 3.68. The number of alkyl halides is 1. The maximum atomic E-state index is 14.0. The molecule has 0 spiro atoms. The van der Waals surface area contributed by atoms with Crippen LogP contribution >= 0.6 is 0 Å². The van der Waals surface area contributed by atoms with Crippen LogP contribution < -0.4 is 9.64 Å². The Bertz CT molecular complexity index is 1030. The summed E-state index contributed by atoms with van der Waals surface area (Å²) in [6, 6.07) is 1.64. The van der Waals surface area contributed by atoms with Crippen molar-refractivity contribution in [3.05, 3.63) is 53.4 Å². The molecule has 0 saturated carbocycles. The molecule has 156 valence electrons. The largest absolute Gasteiger partial charge is 0.469 e. The summed E-state index contributed by atoms with van der Waals surface area (Å²) in [7, 11) is 0. The number of ketones is 1. The second kappa shape index (κ2) is 7.19. The van der Waals surface area contributed by atoms with E-state index in [0.717, 1.165) is 0 Å². The minimum absolute atomic E-state index is 0.114. The van der Waals surface area contributed by atoms with Gasteiger partial charge >= 0.3 is 0 Å². The molecule has 1 N–H and O–H groups in total. The molecule has 2 aliphatic heterocycles. The number of anilines is 1. The molecule has 1 saturated heterocycles. The van der Waals surface area contributed by atoms with Crippen LogP contribution in [-0.2, 0) is 4.79 Å². The van der Waals surface area contributed by atoms with Crippen LogP contribution in [0.2, 0.25) is 0 Å². The van der Waals surface area contributed by atoms with Crippen molar-refractivity contribution in [1.82, 2.24) is 9.88 Å². The summed E-state index contributed by atoms with van der Waals surface area (Å²) in [6.45, 7) is 7.72. The normalized spacial score (nSPS) is 19.8. The third kappa shape index (κ3) is 3.53. The van der Waals surface area contributed by atoms with Crippen molar-refractivity contribution in [3.8, 4) is 5.75 Å². The smallest absolute Gasteiger partial charge is 0.255 e. The monoisotopic (exact) mass is 410 g/mol. The molecule has 1 aliphatic carbocycles. The molecule has 1 aromatic rings. The minimum Gasteiger partial charge on any atom is -0.469 e. The zero-order valence-corrected chi connectivity index (χ0v) is 17.0. The first-order chi connectivity index (χ1) is 14.2. The molecule has 0 atom stereocenters. The lowest BCUT2D eigenvalue weighted by molar-refractivity contribution is -0.111. The second-order valence-electron chi connectivity index (χ2n) is 8.10. The number of piperidine rings is 1. The molecule has 0 unspecified atom stereocenters. The molecule has 0 bridgehead atoms. The zero-order chi connectivity index (χ0) is 21.6. The maximum Gasteiger partial charge on any atom is 0.255 e. The predicted molar refractivity (Wildman–Crippen MR) is 111 cm³/mol. The Kier molecular flexibility index (Phi) is 4.80. The van der Waals surface area contributed by atoms with E-state index >= 15 is 0 Å². The summed E-state index contributed by atoms with van der Waals surface area (Å²) in [6.07, 6.45) is 5.33. The van der Waals surface area contributed by atoms with Crippen LogP contribution in [0.1, 0.15) is 37.0 Å². The van der Waals surface area contributed by atoms with Crippen molar-refractivity contribution < 1.29 is 18.7 Å². The molecular weight excluding hydrogens is 387 g/mol. The molecule has 3 heterocycles. The van der Waals surface area contributed by atoms with Crippen molar-refractivity contribution >= 4 is 23.2 Å². The molecule has 7 nitrogen and oxygen atoms in total. The number of nitrogens with one attached hydrogen (secondary N) is 1. The van der Waals surface area contributed by atoms with Gasteiger partial charge in [0.05, 0.1) is 11.3 Å². The average Bonchev–Trinajstić information content (AvgIpc) is 3.29. The first-order valence-corrected chi connectivity index (χ1v) is 9.77. The van der Waals surface area contributed by atoms with E-state index in [9.17, 15) is 14.0 Å². The Morgan fingerprint density at radius 2 is 2.00 bits per heavy atom. The van der Waals surface area contributed by atoms with Crippen molar-refractivity contribution in [1.29, 1.82) is 5.41 Å². The number of ether oxygens (including phenoxy) is 1. The number of Topliss-reactive ketones (excluding diaryl/α,β-unsaturated/α-hetero) is 1. The van der Waals surface area contributed by atoms with Gasteiger partial charge < -0.3 is 15.0 Å². The van der Waals surface area contributed by atoms with Gasteiger partial charge in [-0.1, -0.05) is 6.58 Å². The van der Waals surface area contributed by atoms with E-state index in [1.807, 2.05) is 0 Å². The summed E-state index contributed by atoms with van der Waals surface area (Å²) < 4.78 is 19.7. The van der Waals surface area contributed by atoms with E-state index in [0.29, 0.717) is 54.3 Å². The number of carbonyl (C=O) groups is 2. The number of pyridine rings is 1. The average molecular weight is 410 g/mol. The van der Waals surface area contributed by atoms with Gasteiger partial charge in [-0.25, -0.2) is 9.37 Å². The highest BCUT2D eigenvalue weighted by molar-refractivity contribution is 6.31. The second-order valence-corrected chi connectivity index (χ2v) is 8.10. The van der Waals surface area contributed by atoms with Gasteiger partial charge in [0.15, 0.2) is 24.1 Å². The van der Waals surface area contributed by atoms with Gasteiger partial charge in [-0.15, -0.1) is 0 Å². The highest BCUT2D eigenvalue weighted by Crippen LogP contribution is 2.37. The summed E-state index contributed by atoms with van der Waals surface area (Å²) in [4.78, 5) is 32.7. The zero-order valence-electron chi connectivity index (χ0n) is 17.0. The molecule has 30 heavy (non-hydrogen) atoms. The number of rotatable bonds is 4. The molecule has 3 aliphatic rings. The predicted octanol–water partition coefficient (Wildman–Crippen LogP) is 3.19. The van der Waals surface area contributed by atoms with Gasteiger partial charge in [-0.3, -0.25) is 14.5 Å². The minimum atomic E-state index is -1.23. The lowest BCUT2D eigenvalue weighted by Crippen LogP contribution is -2.43. The molecule has 1 amide bonds. The van der Waals surface area contributed by atoms with Gasteiger partial charge in [-0.2, -0.15) is 0 Å². The van der Waals surface area contributed by atoms with Crippen LogP contribution in [-0.4, -0.2) is 52.8 Å². The van der Waals surface area contributed by atoms with Crippen molar-refractivity contribution in [2.45, 2.75) is 32.4 Å². The van der Waals surface area contributed by atoms with Gasteiger partial charge in [-0.05, 0) is 50.5 Å². The first-order valence-electron chi connectivity index (χ1n) is 9.77. The van der Waals surface area contributed by atoms with E-state index in [-0.39, 0.29) is 29.7 Å². The Morgan fingerprint density at radius 1 is 1.30 bits per heavy atom. The number of likely N-dealkylation sites (tertiary alicyclic amines) is 1. The molecule has 4 rings (SSSR count). The quantitative estimate of drug-likeness (QED) is 0.771. The van der Waals surface area contributed by atoms with E-state index in [2.05, 4.69) is 11.6 Å². The summed E-state index contributed by atoms with van der Waals surface area (Å²) in [5, 5.41) is 8.07. The number of hydrogen-bond donors (Lipinski definition) is 1. The van der Waals surface area contributed by atoms with Crippen LogP contribution in [0.4, 0.5) is 10.2 Å². The van der Waals surface area contributed by atoms with Crippen molar-refractivity contribution in [3.63, 3.8) is 0 Å². The third-order valence-electron chi connectivity index (χ3n) is 5.60. The van der Waals surface area contributed by atoms with E-state index in [1.54, 1.807) is 41.9 Å². The number of aromatic nitrogens is 1. The fourth-order valence-corrected chi connectivity index (χ4v) is 3.68. The number of halogens is 1. The number of hydrogen-bond acceptors (Lipinski definition) is 6. The van der Waals surface area contributed by atoms with Crippen LogP contribution in [0.15, 0.2) is 47.8 Å². The van der Waals surface area contributed by atoms with Gasteiger partial charge in [0.2, 0.25) is 0 Å². The SMILES string of the molecule is C=C(C)C(=O)C1=CC(N2COc3cc(C(=O)N4CCC(C)(F)CC4)cnc32)=CC1=N. The van der Waals surface area contributed by atoms with Crippen LogP contribution in [0, 0.1) is 5.41 Å². The summed E-state index contributed by atoms with van der Waals surface area (Å²) >= 11 is 0. The molecule has 1 aromatic heterocycles. The first kappa shape index (κ1) is 20.0. The lowest BCUT2D eigenvalue weighted by atomic mass is 9.95. The molecule has 0 aromatic carbocycles. The Labute approximate surface area is 174 Å². The number of nitrogens with zero attached hydrogens (tertiary/aromatic N) is 3. The molecular formula is C22H23FN4O3. The third-order valence-corrected chi connectivity index (χ3v) is 5.60. The van der Waals surface area contributed by atoms with Crippen LogP contribution in [0.3, 0.4) is 0 Å². The standard InChI is InChI=1S/C22H23FN4O3/c1-13(2)19(28)16-9-15(10-17(16)24)27-12-30-18-8-14(11-25-20(18)27)21(29)26-6-4-22(3,23)5-7-26/h8-11,24H,1,4-7,12H2,2-3H3. The number of carbonyl (C=O) groups excluding carboxylic acids is 2. The number of allylic oxidation sites excluding steroid dienone is 4. The topological polar surface area (TPSA) is 86.6 Å². The highest BCUT2D eigenvalue weighted by atomic mass is 19.1. The molecule has 0 radical (unpaired) electrons.